The van der Waals surface area contributed by atoms with Crippen molar-refractivity contribution in [2.75, 3.05) is 18.5 Å². The molecule has 0 aromatic heterocycles. The van der Waals surface area contributed by atoms with Crippen LogP contribution in [0.5, 0.6) is 0 Å². The van der Waals surface area contributed by atoms with E-state index in [-0.39, 0.29) is 24.3 Å². The summed E-state index contributed by atoms with van der Waals surface area (Å²) in [5.41, 5.74) is 0.508. The van der Waals surface area contributed by atoms with Gasteiger partial charge in [0.15, 0.2) is 0 Å². The van der Waals surface area contributed by atoms with Gasteiger partial charge in [0.05, 0.1) is 17.9 Å². The van der Waals surface area contributed by atoms with Crippen LogP contribution in [0.2, 0.25) is 5.02 Å². The van der Waals surface area contributed by atoms with E-state index in [9.17, 15) is 14.4 Å². The number of benzene rings is 2. The van der Waals surface area contributed by atoms with Crippen molar-refractivity contribution in [3.8, 4) is 0 Å². The highest BCUT2D eigenvalue weighted by Crippen LogP contribution is 2.58. The number of halogens is 1. The molecule has 2 unspecified atom stereocenters. The summed E-state index contributed by atoms with van der Waals surface area (Å²) in [6.45, 7) is 0.805. The van der Waals surface area contributed by atoms with E-state index >= 15 is 0 Å². The Morgan fingerprint density at radius 2 is 1.81 bits per heavy atom. The van der Waals surface area contributed by atoms with Gasteiger partial charge in [0.1, 0.15) is 11.6 Å². The number of aliphatic hydroxyl groups is 1. The minimum Gasteiger partial charge on any atom is -0.396 e. The normalized spacial score (nSPS) is 27.8. The third-order valence-corrected chi connectivity index (χ3v) is 8.08. The topological polar surface area (TPSA) is 108 Å². The number of ether oxygens (including phenoxy) is 1. The van der Waals surface area contributed by atoms with Gasteiger partial charge in [0.2, 0.25) is 17.7 Å². The third-order valence-electron chi connectivity index (χ3n) is 7.83. The predicted octanol–water partition coefficient (Wildman–Crippen LogP) is 3.13. The summed E-state index contributed by atoms with van der Waals surface area (Å²) in [5.74, 6) is -2.10. The van der Waals surface area contributed by atoms with Crippen LogP contribution in [0.15, 0.2) is 54.6 Å². The molecule has 8 nitrogen and oxygen atoms in total. The molecule has 0 saturated carbocycles. The van der Waals surface area contributed by atoms with Crippen LogP contribution in [-0.2, 0) is 25.7 Å². The van der Waals surface area contributed by atoms with Crippen molar-refractivity contribution in [1.29, 1.82) is 0 Å². The van der Waals surface area contributed by atoms with Crippen molar-refractivity contribution in [1.82, 2.24) is 10.2 Å². The number of likely N-dealkylation sites (tertiary alicyclic amines) is 1. The molecule has 3 amide bonds. The molecule has 37 heavy (non-hydrogen) atoms. The number of amides is 3. The summed E-state index contributed by atoms with van der Waals surface area (Å²) in [6, 6.07) is 15.6. The van der Waals surface area contributed by atoms with E-state index < -0.39 is 29.6 Å². The average molecular weight is 526 g/mol. The lowest BCUT2D eigenvalue weighted by atomic mass is 9.70. The van der Waals surface area contributed by atoms with Crippen LogP contribution in [-0.4, -0.2) is 58.6 Å². The van der Waals surface area contributed by atoms with Gasteiger partial charge in [-0.2, -0.15) is 0 Å². The molecule has 9 heteroatoms. The molecule has 2 aromatic carbocycles. The molecule has 2 aromatic rings. The second kappa shape index (κ2) is 10.8. The molecule has 3 aliphatic heterocycles. The van der Waals surface area contributed by atoms with E-state index in [1.165, 1.54) is 0 Å². The van der Waals surface area contributed by atoms with Crippen LogP contribution in [0.1, 0.15) is 37.7 Å². The van der Waals surface area contributed by atoms with Gasteiger partial charge in [-0.15, -0.1) is 0 Å². The van der Waals surface area contributed by atoms with Gasteiger partial charge in [-0.25, -0.2) is 0 Å². The first-order valence-corrected chi connectivity index (χ1v) is 13.3. The Hall–Kier alpha value is -2.94. The van der Waals surface area contributed by atoms with Crippen molar-refractivity contribution in [3.05, 3.63) is 65.2 Å². The molecule has 5 rings (SSSR count). The van der Waals surface area contributed by atoms with Crippen LogP contribution >= 0.6 is 11.6 Å². The summed E-state index contributed by atoms with van der Waals surface area (Å²) in [4.78, 5) is 42.6. The van der Waals surface area contributed by atoms with Gasteiger partial charge in [0.25, 0.3) is 0 Å². The van der Waals surface area contributed by atoms with E-state index in [4.69, 9.17) is 21.4 Å². The Morgan fingerprint density at radius 1 is 1.05 bits per heavy atom. The summed E-state index contributed by atoms with van der Waals surface area (Å²) in [6.07, 6.45) is 2.77. The van der Waals surface area contributed by atoms with E-state index in [1.807, 2.05) is 30.3 Å². The van der Waals surface area contributed by atoms with Crippen molar-refractivity contribution >= 4 is 35.0 Å². The van der Waals surface area contributed by atoms with E-state index in [2.05, 4.69) is 10.6 Å². The Labute approximate surface area is 221 Å². The fourth-order valence-electron chi connectivity index (χ4n) is 6.21. The second-order valence-electron chi connectivity index (χ2n) is 10.1. The lowest BCUT2D eigenvalue weighted by molar-refractivity contribution is -0.141. The minimum absolute atomic E-state index is 0.0788. The van der Waals surface area contributed by atoms with Crippen LogP contribution in [0.25, 0.3) is 0 Å². The predicted molar refractivity (Wildman–Crippen MR) is 139 cm³/mol. The zero-order chi connectivity index (χ0) is 26.0. The van der Waals surface area contributed by atoms with Crippen molar-refractivity contribution in [2.45, 2.75) is 56.4 Å². The Bertz CT molecular complexity index is 1140. The molecule has 0 aliphatic carbocycles. The van der Waals surface area contributed by atoms with Gasteiger partial charge in [0, 0.05) is 30.4 Å². The number of carbonyl (C=O) groups excluding carboxylic acids is 3. The lowest BCUT2D eigenvalue weighted by Crippen LogP contribution is -2.53. The quantitative estimate of drug-likeness (QED) is 0.413. The van der Waals surface area contributed by atoms with Gasteiger partial charge in [-0.1, -0.05) is 41.9 Å². The molecule has 0 radical (unpaired) electrons. The second-order valence-corrected chi connectivity index (χ2v) is 10.5. The smallest absolute Gasteiger partial charge is 0.250 e. The average Bonchev–Trinajstić information content (AvgIpc) is 3.54. The summed E-state index contributed by atoms with van der Waals surface area (Å²) in [7, 11) is 0. The first-order valence-electron chi connectivity index (χ1n) is 12.9. The molecule has 5 atom stereocenters. The first kappa shape index (κ1) is 25.7. The number of hydrogen-bond donors (Lipinski definition) is 3. The standard InChI is InChI=1S/C28H32ClN3O5/c29-19-9-11-20(12-10-19)31-26(35)24-28-14-13-21(37-28)22(25(34)30-17-18-7-3-1-4-8-18)23(28)27(36)32(24)15-5-2-6-16-33/h1,3-4,7-12,21-24,33H,2,5-6,13-17H2,(H,30,34)(H,31,35)/t21-,22+,23+,24?,28?/m1/s1. The van der Waals surface area contributed by atoms with Crippen LogP contribution in [0.3, 0.4) is 0 Å². The molecular weight excluding hydrogens is 494 g/mol. The molecule has 3 N–H and O–H groups in total. The lowest BCUT2D eigenvalue weighted by Gasteiger charge is -2.33. The number of unbranched alkanes of at least 4 members (excludes halogenated alkanes) is 2. The molecular formula is C28H32ClN3O5. The highest BCUT2D eigenvalue weighted by molar-refractivity contribution is 6.30. The molecule has 3 aliphatic rings. The monoisotopic (exact) mass is 525 g/mol. The largest absolute Gasteiger partial charge is 0.396 e. The summed E-state index contributed by atoms with van der Waals surface area (Å²) >= 11 is 5.99. The Balaban J connectivity index is 1.39. The van der Waals surface area contributed by atoms with Crippen molar-refractivity contribution < 1.29 is 24.2 Å². The van der Waals surface area contributed by atoms with Gasteiger partial charge in [-0.05, 0) is 61.9 Å². The number of rotatable bonds is 10. The fourth-order valence-corrected chi connectivity index (χ4v) is 6.34. The fraction of sp³-hybridized carbons (Fsp3) is 0.464. The van der Waals surface area contributed by atoms with Crippen LogP contribution in [0.4, 0.5) is 5.69 Å². The Morgan fingerprint density at radius 3 is 2.54 bits per heavy atom. The number of nitrogens with one attached hydrogen (secondary N) is 2. The highest BCUT2D eigenvalue weighted by Gasteiger charge is 2.74. The Kier molecular flexibility index (Phi) is 7.51. The molecule has 3 fully saturated rings. The van der Waals surface area contributed by atoms with Gasteiger partial charge in [-0.3, -0.25) is 14.4 Å². The molecule has 196 valence electrons. The number of anilines is 1. The zero-order valence-electron chi connectivity index (χ0n) is 20.6. The minimum atomic E-state index is -1.04. The number of hydrogen-bond acceptors (Lipinski definition) is 5. The molecule has 2 bridgehead atoms. The zero-order valence-corrected chi connectivity index (χ0v) is 21.3. The first-order chi connectivity index (χ1) is 17.9. The third kappa shape index (κ3) is 4.85. The molecule has 1 spiro atoms. The summed E-state index contributed by atoms with van der Waals surface area (Å²) in [5, 5.41) is 15.6. The molecule has 3 saturated heterocycles. The van der Waals surface area contributed by atoms with E-state index in [1.54, 1.807) is 29.2 Å². The van der Waals surface area contributed by atoms with E-state index in [0.29, 0.717) is 49.5 Å². The number of fused-ring (bicyclic) bond motifs is 1. The van der Waals surface area contributed by atoms with Crippen LogP contribution < -0.4 is 10.6 Å². The maximum atomic E-state index is 13.9. The van der Waals surface area contributed by atoms with Crippen LogP contribution in [0, 0.1) is 11.8 Å². The summed E-state index contributed by atoms with van der Waals surface area (Å²) < 4.78 is 6.44. The number of aliphatic hydroxyl groups excluding tert-OH is 1. The number of carbonyl (C=O) groups is 3. The maximum Gasteiger partial charge on any atom is 0.250 e. The molecule has 3 heterocycles. The van der Waals surface area contributed by atoms with Crippen molar-refractivity contribution in [3.63, 3.8) is 0 Å². The highest BCUT2D eigenvalue weighted by atomic mass is 35.5. The maximum absolute atomic E-state index is 13.9. The van der Waals surface area contributed by atoms with Gasteiger partial charge >= 0.3 is 0 Å². The van der Waals surface area contributed by atoms with Crippen molar-refractivity contribution in [2.24, 2.45) is 11.8 Å². The SMILES string of the molecule is O=C(Nc1ccc(Cl)cc1)C1N(CCCCCO)C(=O)[C@@H]2[C@@H](C(=O)NCc3ccccc3)[C@H]3CCC12O3. The van der Waals surface area contributed by atoms with Gasteiger partial charge < -0.3 is 25.4 Å². The van der Waals surface area contributed by atoms with E-state index in [0.717, 1.165) is 12.0 Å². The number of nitrogens with zero attached hydrogens (tertiary/aromatic N) is 1.